The summed E-state index contributed by atoms with van der Waals surface area (Å²) < 4.78 is 13.4. The molecule has 0 saturated carbocycles. The maximum atomic E-state index is 5.90. The fraction of sp³-hybridized carbons (Fsp3) is 0.241. The average Bonchev–Trinajstić information content (AvgIpc) is 3.40. The zero-order valence-electron chi connectivity index (χ0n) is 20.9. The predicted octanol–water partition coefficient (Wildman–Crippen LogP) is 6.07. The number of nitrogens with one attached hydrogen (secondary N) is 1. The molecule has 0 unspecified atom stereocenters. The lowest BCUT2D eigenvalue weighted by Gasteiger charge is -2.28. The molecule has 4 aromatic rings. The number of thiocarbonyl (C=S) groups is 1. The minimum Gasteiger partial charge on any atom is -0.497 e. The number of nitrogens with zero attached hydrogens (tertiary/aromatic N) is 3. The van der Waals surface area contributed by atoms with Crippen LogP contribution in [0.2, 0.25) is 0 Å². The number of pyridine rings is 1. The van der Waals surface area contributed by atoms with Crippen LogP contribution < -0.4 is 19.7 Å². The maximum absolute atomic E-state index is 5.90. The fourth-order valence-corrected chi connectivity index (χ4v) is 5.40. The van der Waals surface area contributed by atoms with Gasteiger partial charge in [-0.2, -0.15) is 0 Å². The molecule has 184 valence electrons. The SMILES string of the molecule is CCOc1ccc(N2C(=S)N[C@H](c3ccccn3)[C@@H]2c2cc(C)n(-c3cccc(OC)c3)c2C)cc1. The highest BCUT2D eigenvalue weighted by Gasteiger charge is 2.42. The van der Waals surface area contributed by atoms with Gasteiger partial charge in [0.05, 0.1) is 31.5 Å². The van der Waals surface area contributed by atoms with E-state index in [1.807, 2.05) is 49.5 Å². The van der Waals surface area contributed by atoms with Crippen LogP contribution in [0.4, 0.5) is 5.69 Å². The number of benzene rings is 2. The van der Waals surface area contributed by atoms with E-state index < -0.39 is 0 Å². The number of hydrogen-bond donors (Lipinski definition) is 1. The standard InChI is InChI=1S/C29H30N4O2S/c1-5-35-23-14-12-21(13-15-23)33-28(27(31-29(33)36)26-11-6-7-16-30-26)25-17-19(2)32(20(25)3)22-9-8-10-24(18-22)34-4/h6-18,27-28H,5H2,1-4H3,(H,31,36)/t27-,28+/m1/s1. The molecule has 7 heteroatoms. The smallest absolute Gasteiger partial charge is 0.174 e. The van der Waals surface area contributed by atoms with Gasteiger partial charge in [-0.1, -0.05) is 12.1 Å². The van der Waals surface area contributed by atoms with Gasteiger partial charge in [0.2, 0.25) is 0 Å². The third-order valence-electron chi connectivity index (χ3n) is 6.62. The van der Waals surface area contributed by atoms with Crippen molar-refractivity contribution in [2.24, 2.45) is 0 Å². The van der Waals surface area contributed by atoms with Crippen molar-refractivity contribution >= 4 is 23.0 Å². The van der Waals surface area contributed by atoms with Crippen molar-refractivity contribution in [2.45, 2.75) is 32.9 Å². The van der Waals surface area contributed by atoms with Gasteiger partial charge in [0.25, 0.3) is 0 Å². The molecule has 3 heterocycles. The summed E-state index contributed by atoms with van der Waals surface area (Å²) in [6.07, 6.45) is 1.83. The minimum absolute atomic E-state index is 0.0871. The number of methoxy groups -OCH3 is 1. The van der Waals surface area contributed by atoms with Crippen LogP contribution in [0, 0.1) is 13.8 Å². The van der Waals surface area contributed by atoms with E-state index in [4.69, 9.17) is 21.7 Å². The first-order valence-corrected chi connectivity index (χ1v) is 12.5. The van der Waals surface area contributed by atoms with Crippen molar-refractivity contribution in [1.29, 1.82) is 0 Å². The summed E-state index contributed by atoms with van der Waals surface area (Å²) in [5, 5.41) is 4.23. The van der Waals surface area contributed by atoms with Gasteiger partial charge in [0.1, 0.15) is 11.5 Å². The van der Waals surface area contributed by atoms with Crippen LogP contribution in [-0.2, 0) is 0 Å². The third kappa shape index (κ3) is 4.31. The fourth-order valence-electron chi connectivity index (χ4n) is 5.05. The van der Waals surface area contributed by atoms with Crippen LogP contribution in [-0.4, -0.2) is 28.4 Å². The van der Waals surface area contributed by atoms with Gasteiger partial charge >= 0.3 is 0 Å². The van der Waals surface area contributed by atoms with E-state index in [2.05, 4.69) is 70.0 Å². The van der Waals surface area contributed by atoms with E-state index in [1.165, 1.54) is 5.56 Å². The summed E-state index contributed by atoms with van der Waals surface area (Å²) in [7, 11) is 1.69. The Morgan fingerprint density at radius 3 is 2.44 bits per heavy atom. The van der Waals surface area contributed by atoms with Gasteiger partial charge in [-0.3, -0.25) is 4.98 Å². The quantitative estimate of drug-likeness (QED) is 0.312. The van der Waals surface area contributed by atoms with Gasteiger partial charge in [0, 0.05) is 35.0 Å². The van der Waals surface area contributed by atoms with E-state index in [-0.39, 0.29) is 12.1 Å². The van der Waals surface area contributed by atoms with Crippen LogP contribution in [0.3, 0.4) is 0 Å². The molecule has 0 radical (unpaired) electrons. The first kappa shape index (κ1) is 23.9. The van der Waals surface area contributed by atoms with Gasteiger partial charge in [-0.25, -0.2) is 0 Å². The average molecular weight is 499 g/mol. The molecule has 1 aliphatic heterocycles. The normalized spacial score (nSPS) is 17.2. The first-order chi connectivity index (χ1) is 17.5. The second kappa shape index (κ2) is 10.0. The Labute approximate surface area is 217 Å². The molecule has 1 aliphatic rings. The largest absolute Gasteiger partial charge is 0.497 e. The second-order valence-electron chi connectivity index (χ2n) is 8.79. The lowest BCUT2D eigenvalue weighted by molar-refractivity contribution is 0.340. The van der Waals surface area contributed by atoms with Gasteiger partial charge in [-0.15, -0.1) is 0 Å². The molecule has 36 heavy (non-hydrogen) atoms. The molecular weight excluding hydrogens is 468 g/mol. The van der Waals surface area contributed by atoms with E-state index in [0.717, 1.165) is 40.0 Å². The van der Waals surface area contributed by atoms with Crippen LogP contribution in [0.15, 0.2) is 79.0 Å². The Morgan fingerprint density at radius 1 is 0.944 bits per heavy atom. The number of anilines is 1. The Hall–Kier alpha value is -3.84. The Bertz CT molecular complexity index is 1370. The maximum Gasteiger partial charge on any atom is 0.174 e. The van der Waals surface area contributed by atoms with E-state index in [9.17, 15) is 0 Å². The summed E-state index contributed by atoms with van der Waals surface area (Å²) >= 11 is 5.90. The predicted molar refractivity (Wildman–Crippen MR) is 147 cm³/mol. The van der Waals surface area contributed by atoms with Crippen molar-refractivity contribution in [3.63, 3.8) is 0 Å². The van der Waals surface area contributed by atoms with Gasteiger partial charge < -0.3 is 24.3 Å². The second-order valence-corrected chi connectivity index (χ2v) is 9.17. The molecule has 0 amide bonds. The zero-order chi connectivity index (χ0) is 25.2. The molecule has 5 rings (SSSR count). The van der Waals surface area contributed by atoms with E-state index in [0.29, 0.717) is 11.7 Å². The van der Waals surface area contributed by atoms with Crippen molar-refractivity contribution in [3.8, 4) is 17.2 Å². The van der Waals surface area contributed by atoms with Gasteiger partial charge in [-0.05, 0) is 93.1 Å². The van der Waals surface area contributed by atoms with Crippen molar-refractivity contribution in [2.75, 3.05) is 18.6 Å². The molecule has 1 saturated heterocycles. The molecular formula is C29H30N4O2S. The highest BCUT2D eigenvalue weighted by atomic mass is 32.1. The van der Waals surface area contributed by atoms with Crippen molar-refractivity contribution in [1.82, 2.24) is 14.9 Å². The molecule has 2 aromatic heterocycles. The third-order valence-corrected chi connectivity index (χ3v) is 6.94. The Morgan fingerprint density at radius 2 is 1.75 bits per heavy atom. The van der Waals surface area contributed by atoms with Crippen molar-refractivity contribution in [3.05, 3.63) is 102 Å². The molecule has 0 spiro atoms. The molecule has 0 bridgehead atoms. The number of rotatable bonds is 7. The molecule has 1 fully saturated rings. The van der Waals surface area contributed by atoms with E-state index in [1.54, 1.807) is 7.11 Å². The summed E-state index contributed by atoms with van der Waals surface area (Å²) in [4.78, 5) is 6.88. The molecule has 6 nitrogen and oxygen atoms in total. The number of ether oxygens (including phenoxy) is 2. The molecule has 2 aromatic carbocycles. The zero-order valence-corrected chi connectivity index (χ0v) is 21.8. The molecule has 2 atom stereocenters. The molecule has 0 aliphatic carbocycles. The molecule has 1 N–H and O–H groups in total. The van der Waals surface area contributed by atoms with Gasteiger partial charge in [0.15, 0.2) is 5.11 Å². The van der Waals surface area contributed by atoms with Crippen LogP contribution in [0.1, 0.15) is 41.7 Å². The van der Waals surface area contributed by atoms with Crippen molar-refractivity contribution < 1.29 is 9.47 Å². The summed E-state index contributed by atoms with van der Waals surface area (Å²) in [6.45, 7) is 6.91. The van der Waals surface area contributed by atoms with Crippen LogP contribution >= 0.6 is 12.2 Å². The summed E-state index contributed by atoms with van der Waals surface area (Å²) in [5.41, 5.74) is 6.49. The Balaban J connectivity index is 1.64. The highest BCUT2D eigenvalue weighted by molar-refractivity contribution is 7.80. The first-order valence-electron chi connectivity index (χ1n) is 12.1. The lowest BCUT2D eigenvalue weighted by Crippen LogP contribution is -2.29. The summed E-state index contributed by atoms with van der Waals surface area (Å²) in [5.74, 6) is 1.67. The monoisotopic (exact) mass is 498 g/mol. The Kier molecular flexibility index (Phi) is 6.65. The van der Waals surface area contributed by atoms with Crippen LogP contribution in [0.25, 0.3) is 5.69 Å². The summed E-state index contributed by atoms with van der Waals surface area (Å²) in [6, 6.07) is 24.3. The lowest BCUT2D eigenvalue weighted by atomic mass is 9.96. The topological polar surface area (TPSA) is 51.5 Å². The number of hydrogen-bond acceptors (Lipinski definition) is 4. The highest BCUT2D eigenvalue weighted by Crippen LogP contribution is 2.44. The van der Waals surface area contributed by atoms with E-state index >= 15 is 0 Å². The minimum atomic E-state index is -0.107. The number of aromatic nitrogens is 2. The number of aryl methyl sites for hydroxylation is 1. The van der Waals surface area contributed by atoms with Crippen LogP contribution in [0.5, 0.6) is 11.5 Å².